The van der Waals surface area contributed by atoms with Crippen molar-refractivity contribution in [3.05, 3.63) is 39.1 Å². The van der Waals surface area contributed by atoms with Gasteiger partial charge in [0.2, 0.25) is 0 Å². The highest BCUT2D eigenvalue weighted by Gasteiger charge is 2.20. The van der Waals surface area contributed by atoms with Gasteiger partial charge in [0.25, 0.3) is 10.0 Å². The average Bonchev–Trinajstić information content (AvgIpc) is 2.73. The Morgan fingerprint density at radius 3 is 2.70 bits per heavy atom. The zero-order chi connectivity index (χ0) is 14.8. The Labute approximate surface area is 134 Å². The van der Waals surface area contributed by atoms with Crippen LogP contribution in [0.25, 0.3) is 0 Å². The molecule has 0 aliphatic heterocycles. The molecule has 8 heteroatoms. The molecule has 4 nitrogen and oxygen atoms in total. The Balaban J connectivity index is 2.33. The van der Waals surface area contributed by atoms with Crippen LogP contribution in [0.2, 0.25) is 5.02 Å². The molecule has 0 saturated heterocycles. The minimum absolute atomic E-state index is 0.140. The van der Waals surface area contributed by atoms with E-state index in [1.807, 2.05) is 6.92 Å². The van der Waals surface area contributed by atoms with E-state index in [1.165, 1.54) is 6.07 Å². The molecule has 0 saturated carbocycles. The van der Waals surface area contributed by atoms with Gasteiger partial charge in [0.1, 0.15) is 9.96 Å². The largest absolute Gasteiger partial charge is 0.492 e. The molecule has 0 fully saturated rings. The van der Waals surface area contributed by atoms with Crippen LogP contribution >= 0.6 is 38.9 Å². The number of ether oxygens (including phenoxy) is 1. The van der Waals surface area contributed by atoms with E-state index in [9.17, 15) is 8.42 Å². The number of anilines is 1. The van der Waals surface area contributed by atoms with Crippen molar-refractivity contribution >= 4 is 54.6 Å². The summed E-state index contributed by atoms with van der Waals surface area (Å²) in [5.41, 5.74) is 0.398. The molecule has 0 spiro atoms. The van der Waals surface area contributed by atoms with Crippen LogP contribution in [-0.4, -0.2) is 15.0 Å². The van der Waals surface area contributed by atoms with Gasteiger partial charge in [-0.1, -0.05) is 23.7 Å². The van der Waals surface area contributed by atoms with E-state index in [1.54, 1.807) is 24.3 Å². The van der Waals surface area contributed by atoms with Crippen molar-refractivity contribution in [3.63, 3.8) is 0 Å². The highest BCUT2D eigenvalue weighted by atomic mass is 79.9. The topological polar surface area (TPSA) is 55.4 Å². The zero-order valence-electron chi connectivity index (χ0n) is 10.4. The molecule has 2 aromatic rings. The first kappa shape index (κ1) is 15.6. The van der Waals surface area contributed by atoms with E-state index in [0.29, 0.717) is 26.9 Å². The summed E-state index contributed by atoms with van der Waals surface area (Å²) in [7, 11) is -3.68. The van der Waals surface area contributed by atoms with E-state index in [0.717, 1.165) is 11.3 Å². The number of hydrogen-bond acceptors (Lipinski definition) is 4. The highest BCUT2D eigenvalue weighted by molar-refractivity contribution is 9.11. The molecular formula is C12H11BrClNO3S2. The molecule has 0 atom stereocenters. The van der Waals surface area contributed by atoms with Gasteiger partial charge in [-0.2, -0.15) is 0 Å². The molecule has 0 bridgehead atoms. The van der Waals surface area contributed by atoms with Gasteiger partial charge in [0, 0.05) is 0 Å². The molecule has 1 aromatic carbocycles. The summed E-state index contributed by atoms with van der Waals surface area (Å²) < 4.78 is 33.2. The summed E-state index contributed by atoms with van der Waals surface area (Å²) >= 11 is 10.1. The fraction of sp³-hybridized carbons (Fsp3) is 0.167. The minimum Gasteiger partial charge on any atom is -0.492 e. The number of nitrogens with one attached hydrogen (secondary N) is 1. The van der Waals surface area contributed by atoms with Gasteiger partial charge in [-0.15, -0.1) is 11.3 Å². The lowest BCUT2D eigenvalue weighted by molar-refractivity contribution is 0.342. The fourth-order valence-electron chi connectivity index (χ4n) is 1.49. The molecule has 1 N–H and O–H groups in total. The molecule has 20 heavy (non-hydrogen) atoms. The van der Waals surface area contributed by atoms with Crippen molar-refractivity contribution < 1.29 is 13.2 Å². The maximum atomic E-state index is 12.3. The van der Waals surface area contributed by atoms with Crippen molar-refractivity contribution in [3.8, 4) is 5.75 Å². The molecule has 0 aliphatic carbocycles. The second-order valence-electron chi connectivity index (χ2n) is 3.72. The number of halogens is 2. The lowest BCUT2D eigenvalue weighted by atomic mass is 10.3. The van der Waals surface area contributed by atoms with Crippen LogP contribution in [0.5, 0.6) is 5.75 Å². The van der Waals surface area contributed by atoms with E-state index < -0.39 is 10.0 Å². The average molecular weight is 397 g/mol. The normalized spacial score (nSPS) is 11.3. The predicted octanol–water partition coefficient (Wildman–Crippen LogP) is 4.36. The lowest BCUT2D eigenvalue weighted by Crippen LogP contribution is -2.12. The number of benzene rings is 1. The first-order valence-electron chi connectivity index (χ1n) is 5.63. The number of sulfonamides is 1. The number of rotatable bonds is 5. The van der Waals surface area contributed by atoms with Gasteiger partial charge in [-0.3, -0.25) is 4.72 Å². The van der Waals surface area contributed by atoms with Crippen LogP contribution < -0.4 is 9.46 Å². The van der Waals surface area contributed by atoms with Crippen LogP contribution in [0, 0.1) is 0 Å². The second kappa shape index (κ2) is 6.34. The monoisotopic (exact) mass is 395 g/mol. The maximum Gasteiger partial charge on any atom is 0.271 e. The fourth-order valence-corrected chi connectivity index (χ4v) is 4.96. The molecule has 2 rings (SSSR count). The van der Waals surface area contributed by atoms with Crippen molar-refractivity contribution in [1.82, 2.24) is 0 Å². The van der Waals surface area contributed by atoms with Gasteiger partial charge in [0.15, 0.2) is 0 Å². The SMILES string of the molecule is CCOc1ccccc1NS(=O)(=O)c1cc(Cl)c(Br)s1. The zero-order valence-corrected chi connectivity index (χ0v) is 14.4. The third-order valence-corrected chi connectivity index (χ3v) is 6.63. The summed E-state index contributed by atoms with van der Waals surface area (Å²) in [5, 5.41) is 0.369. The molecule has 108 valence electrons. The molecule has 0 radical (unpaired) electrons. The van der Waals surface area contributed by atoms with Gasteiger partial charge in [-0.25, -0.2) is 8.42 Å². The number of thiophene rings is 1. The smallest absolute Gasteiger partial charge is 0.271 e. The van der Waals surface area contributed by atoms with E-state index in [-0.39, 0.29) is 4.21 Å². The van der Waals surface area contributed by atoms with Crippen molar-refractivity contribution in [1.29, 1.82) is 0 Å². The molecule has 0 aliphatic rings. The third-order valence-electron chi connectivity index (χ3n) is 2.32. The molecule has 1 heterocycles. The predicted molar refractivity (Wildman–Crippen MR) is 85.4 cm³/mol. The Bertz CT molecular complexity index is 696. The Morgan fingerprint density at radius 2 is 2.10 bits per heavy atom. The Hall–Kier alpha value is -0.760. The Kier molecular flexibility index (Phi) is 4.95. The standard InChI is InChI=1S/C12H11BrClNO3S2/c1-2-18-10-6-4-3-5-9(10)15-20(16,17)11-7-8(14)12(13)19-11/h3-7,15H,2H2,1H3. The van der Waals surface area contributed by atoms with Gasteiger partial charge >= 0.3 is 0 Å². The molecule has 1 aromatic heterocycles. The van der Waals surface area contributed by atoms with Crippen molar-refractivity contribution in [2.45, 2.75) is 11.1 Å². The van der Waals surface area contributed by atoms with Crippen molar-refractivity contribution in [2.24, 2.45) is 0 Å². The maximum absolute atomic E-state index is 12.3. The van der Waals surface area contributed by atoms with Crippen LogP contribution in [0.1, 0.15) is 6.92 Å². The first-order valence-corrected chi connectivity index (χ1v) is 9.10. The lowest BCUT2D eigenvalue weighted by Gasteiger charge is -2.11. The molecular weight excluding hydrogens is 386 g/mol. The minimum atomic E-state index is -3.68. The van der Waals surface area contributed by atoms with Gasteiger partial charge < -0.3 is 4.74 Å². The summed E-state index contributed by atoms with van der Waals surface area (Å²) in [6.07, 6.45) is 0. The van der Waals surface area contributed by atoms with Crippen LogP contribution in [-0.2, 0) is 10.0 Å². The van der Waals surface area contributed by atoms with E-state index in [4.69, 9.17) is 16.3 Å². The van der Waals surface area contributed by atoms with E-state index in [2.05, 4.69) is 20.7 Å². The van der Waals surface area contributed by atoms with Crippen LogP contribution in [0.3, 0.4) is 0 Å². The summed E-state index contributed by atoms with van der Waals surface area (Å²) in [5.74, 6) is 0.486. The Morgan fingerprint density at radius 1 is 1.40 bits per heavy atom. The molecule has 0 amide bonds. The van der Waals surface area contributed by atoms with Crippen LogP contribution in [0.4, 0.5) is 5.69 Å². The summed E-state index contributed by atoms with van der Waals surface area (Å²) in [6, 6.07) is 8.27. The van der Waals surface area contributed by atoms with Gasteiger partial charge in [-0.05, 0) is 41.1 Å². The number of hydrogen-bond donors (Lipinski definition) is 1. The molecule has 0 unspecified atom stereocenters. The van der Waals surface area contributed by atoms with Crippen molar-refractivity contribution in [2.75, 3.05) is 11.3 Å². The van der Waals surface area contributed by atoms with E-state index >= 15 is 0 Å². The summed E-state index contributed by atoms with van der Waals surface area (Å²) in [6.45, 7) is 2.29. The van der Waals surface area contributed by atoms with Gasteiger partial charge in [0.05, 0.1) is 21.1 Å². The number of para-hydroxylation sites is 2. The third kappa shape index (κ3) is 3.46. The summed E-state index contributed by atoms with van der Waals surface area (Å²) in [4.78, 5) is 0. The highest BCUT2D eigenvalue weighted by Crippen LogP contribution is 2.36. The van der Waals surface area contributed by atoms with Crippen LogP contribution in [0.15, 0.2) is 38.3 Å². The first-order chi connectivity index (χ1) is 9.44. The quantitative estimate of drug-likeness (QED) is 0.817. The second-order valence-corrected chi connectivity index (χ2v) is 8.41.